The second-order valence-electron chi connectivity index (χ2n) is 4.07. The summed E-state index contributed by atoms with van der Waals surface area (Å²) in [4.78, 5) is 33.5. The van der Waals surface area contributed by atoms with Crippen LogP contribution >= 0.6 is 11.8 Å². The summed E-state index contributed by atoms with van der Waals surface area (Å²) in [5, 5.41) is 11.3. The summed E-state index contributed by atoms with van der Waals surface area (Å²) in [7, 11) is 0. The molecule has 2 amide bonds. The van der Waals surface area contributed by atoms with Crippen LogP contribution in [0.4, 0.5) is 0 Å². The smallest absolute Gasteiger partial charge is 0.326 e. The van der Waals surface area contributed by atoms with E-state index in [9.17, 15) is 14.4 Å². The quantitative estimate of drug-likeness (QED) is 0.645. The lowest BCUT2D eigenvalue weighted by molar-refractivity contribution is -0.139. The van der Waals surface area contributed by atoms with E-state index in [0.29, 0.717) is 11.5 Å². The topological polar surface area (TPSA) is 123 Å². The predicted octanol–water partition coefficient (Wildman–Crippen LogP) is 0.591. The summed E-state index contributed by atoms with van der Waals surface area (Å²) < 4.78 is 5.27. The summed E-state index contributed by atoms with van der Waals surface area (Å²) in [5.41, 5.74) is 4.95. The Morgan fingerprint density at radius 3 is 2.70 bits per heavy atom. The molecule has 4 N–H and O–H groups in total. The summed E-state index contributed by atoms with van der Waals surface area (Å²) in [5.74, 6) is -1.18. The van der Waals surface area contributed by atoms with Crippen LogP contribution in [0.15, 0.2) is 16.5 Å². The van der Waals surface area contributed by atoms with Gasteiger partial charge in [-0.25, -0.2) is 4.79 Å². The van der Waals surface area contributed by atoms with Crippen LogP contribution in [0.2, 0.25) is 0 Å². The van der Waals surface area contributed by atoms with Gasteiger partial charge in [-0.05, 0) is 24.8 Å². The lowest BCUT2D eigenvalue weighted by atomic mass is 10.1. The SMILES string of the molecule is CSCc1ccc(C(=O)NC(CCC(N)=O)C(=O)O)o1. The van der Waals surface area contributed by atoms with E-state index in [1.165, 1.54) is 17.8 Å². The van der Waals surface area contributed by atoms with Crippen LogP contribution in [0.25, 0.3) is 0 Å². The molecule has 0 aliphatic carbocycles. The van der Waals surface area contributed by atoms with Gasteiger partial charge in [0.2, 0.25) is 5.91 Å². The minimum absolute atomic E-state index is 0.0411. The van der Waals surface area contributed by atoms with Gasteiger partial charge in [-0.3, -0.25) is 9.59 Å². The largest absolute Gasteiger partial charge is 0.480 e. The van der Waals surface area contributed by atoms with Crippen LogP contribution in [0.3, 0.4) is 0 Å². The van der Waals surface area contributed by atoms with Crippen molar-refractivity contribution in [2.45, 2.75) is 24.6 Å². The molecule has 7 nitrogen and oxygen atoms in total. The fraction of sp³-hybridized carbons (Fsp3) is 0.417. The van der Waals surface area contributed by atoms with Gasteiger partial charge < -0.3 is 20.6 Å². The average Bonchev–Trinajstić information content (AvgIpc) is 2.82. The first-order valence-corrected chi connectivity index (χ1v) is 7.23. The number of furan rings is 1. The number of hydrogen-bond acceptors (Lipinski definition) is 5. The molecule has 1 unspecified atom stereocenters. The number of carboxylic acid groups (broad SMARTS) is 1. The van der Waals surface area contributed by atoms with Crippen molar-refractivity contribution in [2.75, 3.05) is 6.26 Å². The molecule has 20 heavy (non-hydrogen) atoms. The van der Waals surface area contributed by atoms with E-state index in [2.05, 4.69) is 5.32 Å². The van der Waals surface area contributed by atoms with Crippen LogP contribution in [0.5, 0.6) is 0 Å². The summed E-state index contributed by atoms with van der Waals surface area (Å²) in [6.07, 6.45) is 1.72. The van der Waals surface area contributed by atoms with E-state index in [1.807, 2.05) is 6.26 Å². The molecule has 1 heterocycles. The highest BCUT2D eigenvalue weighted by molar-refractivity contribution is 7.97. The Kier molecular flexibility index (Phi) is 6.10. The van der Waals surface area contributed by atoms with E-state index in [-0.39, 0.29) is 18.6 Å². The van der Waals surface area contributed by atoms with Crippen LogP contribution in [0.1, 0.15) is 29.2 Å². The van der Waals surface area contributed by atoms with E-state index in [4.69, 9.17) is 15.3 Å². The Bertz CT molecular complexity index is 500. The first kappa shape index (κ1) is 16.1. The fourth-order valence-corrected chi connectivity index (χ4v) is 1.93. The number of carbonyl (C=O) groups is 3. The number of nitrogens with two attached hydrogens (primary N) is 1. The number of primary amides is 1. The standard InChI is InChI=1S/C12H16N2O5S/c1-20-6-7-2-4-9(19-7)11(16)14-8(12(17)18)3-5-10(13)15/h2,4,8H,3,5-6H2,1H3,(H2,13,15)(H,14,16)(H,17,18). The monoisotopic (exact) mass is 300 g/mol. The summed E-state index contributed by atoms with van der Waals surface area (Å²) in [6.45, 7) is 0. The number of hydrogen-bond donors (Lipinski definition) is 3. The zero-order valence-electron chi connectivity index (χ0n) is 10.9. The van der Waals surface area contributed by atoms with E-state index < -0.39 is 23.8 Å². The minimum Gasteiger partial charge on any atom is -0.480 e. The van der Waals surface area contributed by atoms with Crippen molar-refractivity contribution >= 4 is 29.5 Å². The first-order valence-electron chi connectivity index (χ1n) is 5.83. The molecule has 110 valence electrons. The maximum absolute atomic E-state index is 11.8. The van der Waals surface area contributed by atoms with E-state index >= 15 is 0 Å². The third-order valence-corrected chi connectivity index (χ3v) is 3.03. The van der Waals surface area contributed by atoms with Gasteiger partial charge in [-0.1, -0.05) is 0 Å². The van der Waals surface area contributed by atoms with Gasteiger partial charge in [0.15, 0.2) is 5.76 Å². The minimum atomic E-state index is -1.23. The second-order valence-corrected chi connectivity index (χ2v) is 4.93. The van der Waals surface area contributed by atoms with Gasteiger partial charge in [0, 0.05) is 6.42 Å². The van der Waals surface area contributed by atoms with Crippen molar-refractivity contribution in [3.05, 3.63) is 23.7 Å². The highest BCUT2D eigenvalue weighted by Gasteiger charge is 2.22. The molecule has 8 heteroatoms. The maximum atomic E-state index is 11.8. The molecule has 0 bridgehead atoms. The Morgan fingerprint density at radius 2 is 2.15 bits per heavy atom. The number of nitrogens with one attached hydrogen (secondary N) is 1. The second kappa shape index (κ2) is 7.59. The summed E-state index contributed by atoms with van der Waals surface area (Å²) in [6, 6.07) is 1.96. The third-order valence-electron chi connectivity index (χ3n) is 2.45. The first-order chi connectivity index (χ1) is 9.43. The Labute approximate surface area is 119 Å². The summed E-state index contributed by atoms with van der Waals surface area (Å²) >= 11 is 1.54. The Balaban J connectivity index is 2.64. The van der Waals surface area contributed by atoms with Gasteiger partial charge in [0.1, 0.15) is 11.8 Å². The van der Waals surface area contributed by atoms with Crippen LogP contribution in [0, 0.1) is 0 Å². The van der Waals surface area contributed by atoms with E-state index in [1.54, 1.807) is 6.07 Å². The van der Waals surface area contributed by atoms with Crippen molar-refractivity contribution < 1.29 is 23.9 Å². The van der Waals surface area contributed by atoms with Crippen molar-refractivity contribution in [1.29, 1.82) is 0 Å². The Hall–Kier alpha value is -1.96. The molecule has 0 spiro atoms. The Morgan fingerprint density at radius 1 is 1.45 bits per heavy atom. The number of carboxylic acids is 1. The van der Waals surface area contributed by atoms with Gasteiger partial charge in [0.05, 0.1) is 5.75 Å². The molecule has 1 atom stereocenters. The molecule has 1 rings (SSSR count). The van der Waals surface area contributed by atoms with Crippen molar-refractivity contribution in [2.24, 2.45) is 5.73 Å². The zero-order valence-corrected chi connectivity index (χ0v) is 11.7. The predicted molar refractivity (Wildman–Crippen MR) is 73.2 cm³/mol. The van der Waals surface area contributed by atoms with Crippen LogP contribution in [-0.2, 0) is 15.3 Å². The zero-order chi connectivity index (χ0) is 15.1. The molecule has 0 saturated carbocycles. The van der Waals surface area contributed by atoms with Gasteiger partial charge in [0.25, 0.3) is 5.91 Å². The van der Waals surface area contributed by atoms with Crippen LogP contribution < -0.4 is 11.1 Å². The highest BCUT2D eigenvalue weighted by atomic mass is 32.2. The normalized spacial score (nSPS) is 11.8. The number of rotatable bonds is 8. The third kappa shape index (κ3) is 4.96. The molecule has 1 aromatic heterocycles. The molecule has 0 aliphatic rings. The van der Waals surface area contributed by atoms with Crippen LogP contribution in [-0.4, -0.2) is 35.2 Å². The maximum Gasteiger partial charge on any atom is 0.326 e. The molecule has 1 aromatic rings. The number of aliphatic carboxylic acids is 1. The molecule has 0 aliphatic heterocycles. The van der Waals surface area contributed by atoms with Crippen molar-refractivity contribution in [3.8, 4) is 0 Å². The number of amides is 2. The van der Waals surface area contributed by atoms with Crippen molar-refractivity contribution in [3.63, 3.8) is 0 Å². The van der Waals surface area contributed by atoms with Crippen molar-refractivity contribution in [1.82, 2.24) is 5.32 Å². The molecule has 0 radical (unpaired) electrons. The lowest BCUT2D eigenvalue weighted by Gasteiger charge is -2.12. The lowest BCUT2D eigenvalue weighted by Crippen LogP contribution is -2.41. The molecule has 0 saturated heterocycles. The number of thioether (sulfide) groups is 1. The average molecular weight is 300 g/mol. The van der Waals surface area contributed by atoms with Gasteiger partial charge in [-0.2, -0.15) is 11.8 Å². The molecular weight excluding hydrogens is 284 g/mol. The fourth-order valence-electron chi connectivity index (χ4n) is 1.49. The molecule has 0 fully saturated rings. The van der Waals surface area contributed by atoms with Gasteiger partial charge >= 0.3 is 5.97 Å². The van der Waals surface area contributed by atoms with E-state index in [0.717, 1.165) is 0 Å². The highest BCUT2D eigenvalue weighted by Crippen LogP contribution is 2.13. The molecule has 0 aromatic carbocycles. The number of carbonyl (C=O) groups excluding carboxylic acids is 2. The van der Waals surface area contributed by atoms with Gasteiger partial charge in [-0.15, -0.1) is 0 Å². The molecular formula is C12H16N2O5S.